The third kappa shape index (κ3) is 7.36. The van der Waals surface area contributed by atoms with Gasteiger partial charge in [-0.15, -0.1) is 0 Å². The number of nitrogens with zero attached hydrogens (tertiary/aromatic N) is 1. The summed E-state index contributed by atoms with van der Waals surface area (Å²) in [4.78, 5) is 40.8. The van der Waals surface area contributed by atoms with Gasteiger partial charge >= 0.3 is 12.1 Å². The van der Waals surface area contributed by atoms with Crippen molar-refractivity contribution in [2.24, 2.45) is 11.8 Å². The van der Waals surface area contributed by atoms with Crippen molar-refractivity contribution in [1.29, 1.82) is 0 Å². The monoisotopic (exact) mass is 664 g/mol. The van der Waals surface area contributed by atoms with Crippen LogP contribution in [0.3, 0.4) is 0 Å². The number of allylic oxidation sites excluding steroid dienone is 2. The van der Waals surface area contributed by atoms with E-state index >= 15 is 0 Å². The number of hydrogen-bond donors (Lipinski definition) is 3. The maximum atomic E-state index is 13.9. The number of hydrogen-bond acceptors (Lipinski definition) is 10. The Kier molecular flexibility index (Phi) is 10.8. The van der Waals surface area contributed by atoms with Gasteiger partial charge in [0.25, 0.3) is 0 Å². The second kappa shape index (κ2) is 13.9. The number of rotatable bonds is 5. The van der Waals surface area contributed by atoms with Crippen molar-refractivity contribution in [1.82, 2.24) is 5.32 Å². The van der Waals surface area contributed by atoms with Gasteiger partial charge in [-0.25, -0.2) is 4.79 Å². The molecule has 2 saturated heterocycles. The molecule has 12 nitrogen and oxygen atoms in total. The van der Waals surface area contributed by atoms with Crippen LogP contribution in [0.5, 0.6) is 5.75 Å². The SMILES string of the molecule is COc1cc2cc(c1Cl)N(C)C(=O)CC(OC(=O)CC(C)C)[C@]1(C)O[C@H]1[C@H](C)[C@@H]1C[C@@](O)(NC(=O)O1)[C@H](OC)/C=C\C=C(\C)[C@H]2O. The summed E-state index contributed by atoms with van der Waals surface area (Å²) in [6.45, 7) is 9.03. The first-order valence-corrected chi connectivity index (χ1v) is 15.7. The second-order valence-electron chi connectivity index (χ2n) is 12.9. The van der Waals surface area contributed by atoms with Gasteiger partial charge in [0.05, 0.1) is 25.3 Å². The van der Waals surface area contributed by atoms with Crippen LogP contribution in [0.2, 0.25) is 5.02 Å². The Bertz CT molecular complexity index is 1400. The number of halogens is 1. The molecule has 13 heteroatoms. The van der Waals surface area contributed by atoms with Crippen LogP contribution in [0, 0.1) is 11.8 Å². The number of aliphatic hydroxyl groups is 2. The molecule has 0 aromatic heterocycles. The maximum Gasteiger partial charge on any atom is 0.409 e. The fourth-order valence-electron chi connectivity index (χ4n) is 6.13. The minimum Gasteiger partial charge on any atom is -0.495 e. The van der Waals surface area contributed by atoms with Crippen LogP contribution in [0.1, 0.15) is 65.5 Å². The first-order valence-electron chi connectivity index (χ1n) is 15.3. The largest absolute Gasteiger partial charge is 0.495 e. The van der Waals surface area contributed by atoms with Crippen molar-refractivity contribution < 1.29 is 48.3 Å². The first kappa shape index (κ1) is 35.7. The predicted octanol–water partition coefficient (Wildman–Crippen LogP) is 4.20. The number of ether oxygens (including phenoxy) is 5. The lowest BCUT2D eigenvalue weighted by Crippen LogP contribution is -2.63. The minimum absolute atomic E-state index is 0.0179. The summed E-state index contributed by atoms with van der Waals surface area (Å²) < 4.78 is 28.7. The Balaban J connectivity index is 1.82. The molecule has 1 aromatic carbocycles. The van der Waals surface area contributed by atoms with E-state index in [-0.39, 0.29) is 41.6 Å². The van der Waals surface area contributed by atoms with Crippen molar-refractivity contribution >= 4 is 35.3 Å². The molecule has 0 aliphatic carbocycles. The molecule has 3 N–H and O–H groups in total. The van der Waals surface area contributed by atoms with Crippen molar-refractivity contribution in [3.8, 4) is 5.75 Å². The molecule has 254 valence electrons. The molecule has 46 heavy (non-hydrogen) atoms. The van der Waals surface area contributed by atoms with Crippen LogP contribution in [0.15, 0.2) is 35.9 Å². The first-order chi connectivity index (χ1) is 21.5. The van der Waals surface area contributed by atoms with E-state index in [9.17, 15) is 24.6 Å². The van der Waals surface area contributed by atoms with E-state index < -0.39 is 65.7 Å². The Hall–Kier alpha value is -3.16. The Morgan fingerprint density at radius 1 is 1.26 bits per heavy atom. The smallest absolute Gasteiger partial charge is 0.409 e. The van der Waals surface area contributed by atoms with Crippen molar-refractivity contribution in [3.63, 3.8) is 0 Å². The van der Waals surface area contributed by atoms with Crippen LogP contribution in [0.25, 0.3) is 0 Å². The summed E-state index contributed by atoms with van der Waals surface area (Å²) >= 11 is 6.66. The molecule has 3 aliphatic heterocycles. The van der Waals surface area contributed by atoms with Crippen LogP contribution >= 0.6 is 11.6 Å². The molecule has 1 aromatic rings. The standard InChI is InChI=1S/C33H45ClN2O10/c1-17(2)12-27(38)45-25-15-26(37)36(6)21-13-20(14-22(42-7)28(21)34)29(39)18(3)10-9-11-24(43-8)33(41)16-23(44-31(40)35-33)19(4)30-32(25,5)46-30/h9-11,13-14,17,19,23-25,29-30,39,41H,12,15-16H2,1-8H3,(H,35,40)/b11-9-,18-10-/t19-,23+,24-,25?,29-,30+,32+,33+/m1/s1. The molecule has 4 bridgehead atoms. The van der Waals surface area contributed by atoms with Gasteiger partial charge in [-0.2, -0.15) is 0 Å². The lowest BCUT2D eigenvalue weighted by molar-refractivity contribution is -0.154. The number of aliphatic hydroxyl groups excluding tert-OH is 1. The van der Waals surface area contributed by atoms with Gasteiger partial charge in [0, 0.05) is 32.9 Å². The number of carbonyl (C=O) groups excluding carboxylic acids is 3. The second-order valence-corrected chi connectivity index (χ2v) is 13.3. The summed E-state index contributed by atoms with van der Waals surface area (Å²) in [7, 11) is 4.37. The minimum atomic E-state index is -1.84. The van der Waals surface area contributed by atoms with Gasteiger partial charge in [0.1, 0.15) is 40.8 Å². The number of nitrogens with one attached hydrogen (secondary N) is 1. The topological polar surface area (TPSA) is 156 Å². The molecule has 4 rings (SSSR count). The molecule has 0 radical (unpaired) electrons. The maximum absolute atomic E-state index is 13.9. The van der Waals surface area contributed by atoms with E-state index in [0.29, 0.717) is 11.1 Å². The number of fused-ring (bicyclic) bond motifs is 5. The number of amides is 2. The summed E-state index contributed by atoms with van der Waals surface area (Å²) in [6.07, 6.45) is -0.687. The highest BCUT2D eigenvalue weighted by atomic mass is 35.5. The number of methoxy groups -OCH3 is 2. The molecular formula is C33H45ClN2O10. The van der Waals surface area contributed by atoms with Crippen molar-refractivity contribution in [2.75, 3.05) is 26.2 Å². The third-order valence-electron chi connectivity index (χ3n) is 9.00. The van der Waals surface area contributed by atoms with E-state index in [0.717, 1.165) is 0 Å². The van der Waals surface area contributed by atoms with Crippen LogP contribution < -0.4 is 15.0 Å². The lowest BCUT2D eigenvalue weighted by Gasteiger charge is -2.42. The number of alkyl carbamates (subject to hydrolysis) is 1. The molecular weight excluding hydrogens is 620 g/mol. The Morgan fingerprint density at radius 3 is 2.59 bits per heavy atom. The molecule has 1 unspecified atom stereocenters. The number of benzene rings is 1. The zero-order valence-electron chi connectivity index (χ0n) is 27.5. The molecule has 2 fully saturated rings. The zero-order valence-corrected chi connectivity index (χ0v) is 28.3. The van der Waals surface area contributed by atoms with E-state index in [1.807, 2.05) is 20.8 Å². The number of anilines is 1. The molecule has 0 saturated carbocycles. The lowest BCUT2D eigenvalue weighted by atomic mass is 9.83. The van der Waals surface area contributed by atoms with Crippen LogP contribution in [-0.2, 0) is 28.5 Å². The normalized spacial score (nSPS) is 35.3. The number of epoxide rings is 1. The van der Waals surface area contributed by atoms with Gasteiger partial charge < -0.3 is 38.8 Å². The molecule has 8 atom stereocenters. The molecule has 3 aliphatic rings. The average Bonchev–Trinajstić information content (AvgIpc) is 3.68. The van der Waals surface area contributed by atoms with Crippen LogP contribution in [-0.4, -0.2) is 85.2 Å². The Labute approximate surface area is 274 Å². The van der Waals surface area contributed by atoms with Crippen molar-refractivity contribution in [3.05, 3.63) is 46.5 Å². The van der Waals surface area contributed by atoms with E-state index in [4.69, 9.17) is 35.3 Å². The summed E-state index contributed by atoms with van der Waals surface area (Å²) in [5, 5.41) is 25.5. The van der Waals surface area contributed by atoms with E-state index in [1.165, 1.54) is 26.2 Å². The van der Waals surface area contributed by atoms with Gasteiger partial charge in [0.2, 0.25) is 5.91 Å². The highest BCUT2D eigenvalue weighted by molar-refractivity contribution is 6.35. The van der Waals surface area contributed by atoms with Gasteiger partial charge in [0.15, 0.2) is 5.72 Å². The fraction of sp³-hybridized carbons (Fsp3) is 0.606. The third-order valence-corrected chi connectivity index (χ3v) is 9.38. The molecule has 0 spiro atoms. The molecule has 3 heterocycles. The average molecular weight is 665 g/mol. The van der Waals surface area contributed by atoms with Gasteiger partial charge in [-0.05, 0) is 43.0 Å². The summed E-state index contributed by atoms with van der Waals surface area (Å²) in [6, 6.07) is 3.18. The zero-order chi connectivity index (χ0) is 34.1. The van der Waals surface area contributed by atoms with E-state index in [2.05, 4.69) is 5.32 Å². The summed E-state index contributed by atoms with van der Waals surface area (Å²) in [5.74, 6) is -1.12. The number of esters is 1. The van der Waals surface area contributed by atoms with Crippen molar-refractivity contribution in [2.45, 2.75) is 95.7 Å². The highest BCUT2D eigenvalue weighted by Crippen LogP contribution is 2.49. The quantitative estimate of drug-likeness (QED) is 0.308. The highest BCUT2D eigenvalue weighted by Gasteiger charge is 2.64. The summed E-state index contributed by atoms with van der Waals surface area (Å²) in [5.41, 5.74) is -1.74. The van der Waals surface area contributed by atoms with Gasteiger partial charge in [-0.1, -0.05) is 50.6 Å². The van der Waals surface area contributed by atoms with Gasteiger partial charge in [-0.3, -0.25) is 14.9 Å². The predicted molar refractivity (Wildman–Crippen MR) is 169 cm³/mol. The van der Waals surface area contributed by atoms with E-state index in [1.54, 1.807) is 44.2 Å². The fourth-order valence-corrected chi connectivity index (χ4v) is 6.44. The number of carbonyl (C=O) groups is 3. The van der Waals surface area contributed by atoms with Crippen LogP contribution in [0.4, 0.5) is 10.5 Å². The Morgan fingerprint density at radius 2 is 1.96 bits per heavy atom. The molecule has 2 amide bonds.